The molecule has 0 aliphatic heterocycles. The molecule has 1 aromatic heterocycles. The number of nitrogens with one attached hydrogen (secondary N) is 1. The molecule has 2 aromatic rings. The second-order valence-electron chi connectivity index (χ2n) is 4.70. The SMILES string of the molecule is CCc1ccc([C@H](C)NC(=O)CSc2ncccn2)cc1. The lowest BCUT2D eigenvalue weighted by molar-refractivity contribution is -0.119. The molecule has 0 aliphatic carbocycles. The zero-order valence-electron chi connectivity index (χ0n) is 12.2. The van der Waals surface area contributed by atoms with Gasteiger partial charge in [-0.25, -0.2) is 9.97 Å². The first-order chi connectivity index (χ1) is 10.2. The van der Waals surface area contributed by atoms with Crippen LogP contribution in [0, 0.1) is 0 Å². The summed E-state index contributed by atoms with van der Waals surface area (Å²) in [6, 6.07) is 10.1. The monoisotopic (exact) mass is 301 g/mol. The molecule has 1 amide bonds. The molecule has 0 radical (unpaired) electrons. The molecule has 0 fully saturated rings. The zero-order valence-corrected chi connectivity index (χ0v) is 13.1. The van der Waals surface area contributed by atoms with Crippen molar-refractivity contribution in [3.8, 4) is 0 Å². The van der Waals surface area contributed by atoms with E-state index in [0.29, 0.717) is 10.9 Å². The number of nitrogens with zero attached hydrogens (tertiary/aromatic N) is 2. The van der Waals surface area contributed by atoms with E-state index in [1.807, 2.05) is 6.92 Å². The summed E-state index contributed by atoms with van der Waals surface area (Å²) in [5, 5.41) is 3.61. The van der Waals surface area contributed by atoms with E-state index >= 15 is 0 Å². The number of amides is 1. The number of rotatable bonds is 6. The number of aryl methyl sites for hydroxylation is 1. The molecule has 0 saturated heterocycles. The van der Waals surface area contributed by atoms with Crippen molar-refractivity contribution in [2.75, 3.05) is 5.75 Å². The van der Waals surface area contributed by atoms with E-state index in [-0.39, 0.29) is 11.9 Å². The van der Waals surface area contributed by atoms with Gasteiger partial charge in [-0.2, -0.15) is 0 Å². The zero-order chi connectivity index (χ0) is 15.1. The first-order valence-corrected chi connectivity index (χ1v) is 7.95. The lowest BCUT2D eigenvalue weighted by Crippen LogP contribution is -2.28. The minimum Gasteiger partial charge on any atom is -0.349 e. The fourth-order valence-corrected chi connectivity index (χ4v) is 2.51. The van der Waals surface area contributed by atoms with Gasteiger partial charge in [-0.3, -0.25) is 4.79 Å². The van der Waals surface area contributed by atoms with Gasteiger partial charge in [0.15, 0.2) is 5.16 Å². The number of carbonyl (C=O) groups excluding carboxylic acids is 1. The van der Waals surface area contributed by atoms with Gasteiger partial charge in [-0.05, 0) is 30.5 Å². The predicted octanol–water partition coefficient (Wildman–Crippen LogP) is 3.01. The summed E-state index contributed by atoms with van der Waals surface area (Å²) in [6.07, 6.45) is 4.37. The highest BCUT2D eigenvalue weighted by atomic mass is 32.2. The van der Waals surface area contributed by atoms with Crippen molar-refractivity contribution in [3.05, 3.63) is 53.9 Å². The van der Waals surface area contributed by atoms with Crippen LogP contribution in [0.25, 0.3) is 0 Å². The highest BCUT2D eigenvalue weighted by Gasteiger charge is 2.10. The molecule has 0 unspecified atom stereocenters. The largest absolute Gasteiger partial charge is 0.349 e. The molecule has 0 saturated carbocycles. The molecular weight excluding hydrogens is 282 g/mol. The maximum Gasteiger partial charge on any atom is 0.230 e. The van der Waals surface area contributed by atoms with E-state index in [0.717, 1.165) is 12.0 Å². The smallest absolute Gasteiger partial charge is 0.230 e. The van der Waals surface area contributed by atoms with Crippen molar-refractivity contribution in [3.63, 3.8) is 0 Å². The lowest BCUT2D eigenvalue weighted by Gasteiger charge is -2.14. The van der Waals surface area contributed by atoms with Gasteiger partial charge in [0, 0.05) is 12.4 Å². The van der Waals surface area contributed by atoms with Crippen LogP contribution in [-0.2, 0) is 11.2 Å². The Morgan fingerprint density at radius 2 is 1.90 bits per heavy atom. The van der Waals surface area contributed by atoms with E-state index in [9.17, 15) is 4.79 Å². The van der Waals surface area contributed by atoms with Crippen molar-refractivity contribution < 1.29 is 4.79 Å². The standard InChI is InChI=1S/C16H19N3OS/c1-3-13-5-7-14(8-6-13)12(2)19-15(20)11-21-16-17-9-4-10-18-16/h4-10,12H,3,11H2,1-2H3,(H,19,20)/t12-/m0/s1. The number of thioether (sulfide) groups is 1. The summed E-state index contributed by atoms with van der Waals surface area (Å²) in [7, 11) is 0. The van der Waals surface area contributed by atoms with Crippen LogP contribution in [0.1, 0.15) is 31.0 Å². The van der Waals surface area contributed by atoms with Crippen LogP contribution < -0.4 is 5.32 Å². The molecule has 1 aromatic carbocycles. The van der Waals surface area contributed by atoms with Gasteiger partial charge < -0.3 is 5.32 Å². The summed E-state index contributed by atoms with van der Waals surface area (Å²) in [5.74, 6) is 0.306. The first-order valence-electron chi connectivity index (χ1n) is 6.97. The molecule has 1 heterocycles. The normalized spacial score (nSPS) is 11.9. The van der Waals surface area contributed by atoms with Crippen LogP contribution in [0.3, 0.4) is 0 Å². The molecule has 2 rings (SSSR count). The maximum atomic E-state index is 11.9. The third-order valence-electron chi connectivity index (χ3n) is 3.14. The first kappa shape index (κ1) is 15.5. The van der Waals surface area contributed by atoms with Crippen molar-refractivity contribution in [2.45, 2.75) is 31.5 Å². The number of hydrogen-bond acceptors (Lipinski definition) is 4. The van der Waals surface area contributed by atoms with Crippen molar-refractivity contribution in [1.82, 2.24) is 15.3 Å². The molecule has 1 atom stereocenters. The van der Waals surface area contributed by atoms with Gasteiger partial charge in [-0.1, -0.05) is 43.0 Å². The minimum absolute atomic E-state index is 0.000646. The Kier molecular flexibility index (Phi) is 5.75. The molecule has 4 nitrogen and oxygen atoms in total. The van der Waals surface area contributed by atoms with Crippen molar-refractivity contribution >= 4 is 17.7 Å². The highest BCUT2D eigenvalue weighted by molar-refractivity contribution is 7.99. The molecule has 5 heteroatoms. The fraction of sp³-hybridized carbons (Fsp3) is 0.312. The van der Waals surface area contributed by atoms with Crippen LogP contribution in [0.4, 0.5) is 0 Å². The van der Waals surface area contributed by atoms with E-state index in [1.165, 1.54) is 17.3 Å². The quantitative estimate of drug-likeness (QED) is 0.658. The summed E-state index contributed by atoms with van der Waals surface area (Å²) >= 11 is 1.34. The summed E-state index contributed by atoms with van der Waals surface area (Å²) in [4.78, 5) is 20.1. The number of carbonyl (C=O) groups is 1. The third-order valence-corrected chi connectivity index (χ3v) is 4.02. The van der Waals surface area contributed by atoms with Gasteiger partial charge in [0.25, 0.3) is 0 Å². The molecule has 1 N–H and O–H groups in total. The lowest BCUT2D eigenvalue weighted by atomic mass is 10.1. The average Bonchev–Trinajstić information content (AvgIpc) is 2.54. The van der Waals surface area contributed by atoms with Gasteiger partial charge in [-0.15, -0.1) is 0 Å². The summed E-state index contributed by atoms with van der Waals surface area (Å²) < 4.78 is 0. The molecule has 0 bridgehead atoms. The predicted molar refractivity (Wildman–Crippen MR) is 85.1 cm³/mol. The van der Waals surface area contributed by atoms with Gasteiger partial charge in [0.05, 0.1) is 11.8 Å². The number of hydrogen-bond donors (Lipinski definition) is 1. The van der Waals surface area contributed by atoms with Crippen molar-refractivity contribution in [1.29, 1.82) is 0 Å². The molecule has 0 spiro atoms. The highest BCUT2D eigenvalue weighted by Crippen LogP contribution is 2.15. The molecular formula is C16H19N3OS. The second-order valence-corrected chi connectivity index (χ2v) is 5.65. The molecule has 21 heavy (non-hydrogen) atoms. The fourth-order valence-electron chi connectivity index (χ4n) is 1.90. The van der Waals surface area contributed by atoms with Crippen LogP contribution >= 0.6 is 11.8 Å². The number of benzene rings is 1. The Hall–Kier alpha value is -1.88. The number of aromatic nitrogens is 2. The second kappa shape index (κ2) is 7.78. The maximum absolute atomic E-state index is 11.9. The summed E-state index contributed by atoms with van der Waals surface area (Å²) in [5.41, 5.74) is 2.41. The Morgan fingerprint density at radius 3 is 2.52 bits per heavy atom. The average molecular weight is 301 g/mol. The van der Waals surface area contributed by atoms with Gasteiger partial charge in [0.2, 0.25) is 5.91 Å². The van der Waals surface area contributed by atoms with Crippen molar-refractivity contribution in [2.24, 2.45) is 0 Å². The van der Waals surface area contributed by atoms with Crippen LogP contribution in [0.15, 0.2) is 47.9 Å². The topological polar surface area (TPSA) is 54.9 Å². The Labute approximate surface area is 129 Å². The molecule has 0 aliphatic rings. The van der Waals surface area contributed by atoms with E-state index in [4.69, 9.17) is 0 Å². The van der Waals surface area contributed by atoms with Crippen LogP contribution in [0.5, 0.6) is 0 Å². The molecule has 110 valence electrons. The van der Waals surface area contributed by atoms with Gasteiger partial charge >= 0.3 is 0 Å². The van der Waals surface area contributed by atoms with E-state index in [2.05, 4.69) is 46.5 Å². The third kappa shape index (κ3) is 4.86. The summed E-state index contributed by atoms with van der Waals surface area (Å²) in [6.45, 7) is 4.12. The van der Waals surface area contributed by atoms with Crippen LogP contribution in [-0.4, -0.2) is 21.6 Å². The Bertz CT molecular complexity index is 572. The van der Waals surface area contributed by atoms with E-state index < -0.39 is 0 Å². The van der Waals surface area contributed by atoms with E-state index in [1.54, 1.807) is 18.5 Å². The van der Waals surface area contributed by atoms with Gasteiger partial charge in [0.1, 0.15) is 0 Å². The van der Waals surface area contributed by atoms with Crippen LogP contribution in [0.2, 0.25) is 0 Å². The minimum atomic E-state index is -0.0143. The Morgan fingerprint density at radius 1 is 1.24 bits per heavy atom. The Balaban J connectivity index is 1.83.